The van der Waals surface area contributed by atoms with E-state index in [2.05, 4.69) is 27.3 Å². The van der Waals surface area contributed by atoms with Gasteiger partial charge in [0, 0.05) is 19.6 Å². The van der Waals surface area contributed by atoms with E-state index in [9.17, 15) is 4.79 Å². The molecule has 1 aromatic carbocycles. The second-order valence-corrected chi connectivity index (χ2v) is 7.74. The third-order valence-corrected chi connectivity index (χ3v) is 4.85. The fraction of sp³-hybridized carbons (Fsp3) is 0.588. The van der Waals surface area contributed by atoms with Crippen LogP contribution in [-0.4, -0.2) is 42.8 Å². The molecule has 0 spiro atoms. The maximum atomic E-state index is 12.3. The minimum atomic E-state index is -0.465. The number of nitrogens with zero attached hydrogens (tertiary/aromatic N) is 1. The Morgan fingerprint density at radius 3 is 2.83 bits per heavy atom. The summed E-state index contributed by atoms with van der Waals surface area (Å²) in [6.45, 7) is 8.51. The smallest absolute Gasteiger partial charge is 0.410 e. The summed E-state index contributed by atoms with van der Waals surface area (Å²) in [6, 6.07) is 2.16. The van der Waals surface area contributed by atoms with Gasteiger partial charge in [0.2, 0.25) is 0 Å². The van der Waals surface area contributed by atoms with Crippen molar-refractivity contribution in [2.24, 2.45) is 0 Å². The number of benzene rings is 1. The zero-order valence-electron chi connectivity index (χ0n) is 13.9. The van der Waals surface area contributed by atoms with Crippen molar-refractivity contribution < 1.29 is 14.3 Å². The standard InChI is InChI=1S/C17H23BrN2O3/c1-17(2,3)23-16(21)20-7-4-11-10-13-15(22-9-6-19-13)14(18)12(11)5-8-20/h10,19H,4-9H2,1-3H3. The maximum absolute atomic E-state index is 12.3. The molecule has 2 aliphatic rings. The molecule has 1 amide bonds. The van der Waals surface area contributed by atoms with Crippen molar-refractivity contribution in [1.29, 1.82) is 0 Å². The first-order chi connectivity index (χ1) is 10.8. The van der Waals surface area contributed by atoms with Crippen LogP contribution in [0.15, 0.2) is 10.5 Å². The Labute approximate surface area is 145 Å². The van der Waals surface area contributed by atoms with Gasteiger partial charge in [0.1, 0.15) is 12.2 Å². The average Bonchev–Trinajstić information content (AvgIpc) is 2.68. The summed E-state index contributed by atoms with van der Waals surface area (Å²) in [5.74, 6) is 0.890. The molecule has 2 heterocycles. The highest BCUT2D eigenvalue weighted by atomic mass is 79.9. The molecule has 1 N–H and O–H groups in total. The molecule has 0 unspecified atom stereocenters. The van der Waals surface area contributed by atoms with Gasteiger partial charge in [-0.2, -0.15) is 0 Å². The number of carbonyl (C=O) groups is 1. The van der Waals surface area contributed by atoms with Gasteiger partial charge in [0.05, 0.1) is 10.2 Å². The lowest BCUT2D eigenvalue weighted by Gasteiger charge is -2.26. The number of rotatable bonds is 0. The van der Waals surface area contributed by atoms with Gasteiger partial charge < -0.3 is 19.7 Å². The molecule has 0 bridgehead atoms. The predicted octanol–water partition coefficient (Wildman–Crippen LogP) is 3.59. The first-order valence-corrected chi connectivity index (χ1v) is 8.83. The largest absolute Gasteiger partial charge is 0.488 e. The number of halogens is 1. The number of fused-ring (bicyclic) bond motifs is 2. The molecule has 23 heavy (non-hydrogen) atoms. The first-order valence-electron chi connectivity index (χ1n) is 8.04. The predicted molar refractivity (Wildman–Crippen MR) is 93.3 cm³/mol. The molecular weight excluding hydrogens is 360 g/mol. The van der Waals surface area contributed by atoms with E-state index >= 15 is 0 Å². The molecule has 5 nitrogen and oxygen atoms in total. The molecule has 0 saturated heterocycles. The van der Waals surface area contributed by atoms with Crippen LogP contribution in [0, 0.1) is 0 Å². The van der Waals surface area contributed by atoms with Crippen LogP contribution in [0.1, 0.15) is 31.9 Å². The summed E-state index contributed by atoms with van der Waals surface area (Å²) in [5, 5.41) is 3.38. The second kappa shape index (κ2) is 6.23. The van der Waals surface area contributed by atoms with E-state index < -0.39 is 5.60 Å². The number of carbonyl (C=O) groups excluding carboxylic acids is 1. The lowest BCUT2D eigenvalue weighted by molar-refractivity contribution is 0.0258. The van der Waals surface area contributed by atoms with Crippen molar-refractivity contribution in [3.63, 3.8) is 0 Å². The minimum Gasteiger partial charge on any atom is -0.488 e. The number of ether oxygens (including phenoxy) is 2. The van der Waals surface area contributed by atoms with Crippen LogP contribution in [0.2, 0.25) is 0 Å². The highest BCUT2D eigenvalue weighted by molar-refractivity contribution is 9.10. The average molecular weight is 383 g/mol. The summed E-state index contributed by atoms with van der Waals surface area (Å²) in [7, 11) is 0. The Morgan fingerprint density at radius 1 is 1.35 bits per heavy atom. The Hall–Kier alpha value is -1.43. The van der Waals surface area contributed by atoms with E-state index in [4.69, 9.17) is 9.47 Å². The van der Waals surface area contributed by atoms with Gasteiger partial charge in [-0.05, 0) is 66.7 Å². The summed E-state index contributed by atoms with van der Waals surface area (Å²) in [6.07, 6.45) is 1.38. The number of nitrogens with one attached hydrogen (secondary N) is 1. The summed E-state index contributed by atoms with van der Waals surface area (Å²) >= 11 is 3.69. The minimum absolute atomic E-state index is 0.236. The number of anilines is 1. The van der Waals surface area contributed by atoms with Gasteiger partial charge >= 0.3 is 6.09 Å². The molecule has 126 valence electrons. The van der Waals surface area contributed by atoms with Crippen LogP contribution in [0.5, 0.6) is 5.75 Å². The zero-order chi connectivity index (χ0) is 16.6. The Kier molecular flexibility index (Phi) is 4.45. The SMILES string of the molecule is CC(C)(C)OC(=O)N1CCc2cc3c(c(Br)c2CC1)OCCN3. The van der Waals surface area contributed by atoms with Gasteiger partial charge in [-0.25, -0.2) is 4.79 Å². The van der Waals surface area contributed by atoms with Crippen molar-refractivity contribution >= 4 is 27.7 Å². The van der Waals surface area contributed by atoms with Gasteiger partial charge in [-0.3, -0.25) is 0 Å². The molecule has 1 aromatic rings. The molecule has 2 aliphatic heterocycles. The molecule has 0 radical (unpaired) electrons. The molecular formula is C17H23BrN2O3. The van der Waals surface area contributed by atoms with Crippen molar-refractivity contribution in [2.45, 2.75) is 39.2 Å². The third-order valence-electron chi connectivity index (χ3n) is 4.01. The molecule has 0 saturated carbocycles. The maximum Gasteiger partial charge on any atom is 0.410 e. The van der Waals surface area contributed by atoms with E-state index in [1.807, 2.05) is 20.8 Å². The number of amides is 1. The topological polar surface area (TPSA) is 50.8 Å². The Morgan fingerprint density at radius 2 is 2.09 bits per heavy atom. The third kappa shape index (κ3) is 3.57. The monoisotopic (exact) mass is 382 g/mol. The molecule has 0 aliphatic carbocycles. The zero-order valence-corrected chi connectivity index (χ0v) is 15.5. The summed E-state index contributed by atoms with van der Waals surface area (Å²) in [4.78, 5) is 14.1. The Bertz CT molecular complexity index is 625. The van der Waals surface area contributed by atoms with E-state index in [1.165, 1.54) is 11.1 Å². The van der Waals surface area contributed by atoms with E-state index in [0.29, 0.717) is 19.7 Å². The number of hydrogen-bond donors (Lipinski definition) is 1. The first kappa shape index (κ1) is 16.4. The van der Waals surface area contributed by atoms with Crippen LogP contribution < -0.4 is 10.1 Å². The highest BCUT2D eigenvalue weighted by Gasteiger charge is 2.27. The molecule has 0 aromatic heterocycles. The van der Waals surface area contributed by atoms with Gasteiger partial charge in [-0.1, -0.05) is 0 Å². The molecule has 6 heteroatoms. The summed E-state index contributed by atoms with van der Waals surface area (Å²) < 4.78 is 12.3. The molecule has 3 rings (SSSR count). The van der Waals surface area contributed by atoms with Crippen LogP contribution >= 0.6 is 15.9 Å². The quantitative estimate of drug-likeness (QED) is 0.744. The van der Waals surface area contributed by atoms with E-state index in [-0.39, 0.29) is 6.09 Å². The van der Waals surface area contributed by atoms with Gasteiger partial charge in [-0.15, -0.1) is 0 Å². The van der Waals surface area contributed by atoms with Crippen molar-refractivity contribution in [3.8, 4) is 5.75 Å². The lowest BCUT2D eigenvalue weighted by Crippen LogP contribution is -2.38. The van der Waals surface area contributed by atoms with Crippen molar-refractivity contribution in [3.05, 3.63) is 21.7 Å². The normalized spacial score (nSPS) is 17.3. The van der Waals surface area contributed by atoms with Crippen LogP contribution in [0.4, 0.5) is 10.5 Å². The van der Waals surface area contributed by atoms with Gasteiger partial charge in [0.15, 0.2) is 5.75 Å². The van der Waals surface area contributed by atoms with Crippen LogP contribution in [-0.2, 0) is 17.6 Å². The highest BCUT2D eigenvalue weighted by Crippen LogP contribution is 2.41. The van der Waals surface area contributed by atoms with Gasteiger partial charge in [0.25, 0.3) is 0 Å². The second-order valence-electron chi connectivity index (χ2n) is 6.95. The van der Waals surface area contributed by atoms with Crippen molar-refractivity contribution in [1.82, 2.24) is 4.90 Å². The fourth-order valence-corrected chi connectivity index (χ4v) is 3.73. The van der Waals surface area contributed by atoms with Crippen LogP contribution in [0.3, 0.4) is 0 Å². The van der Waals surface area contributed by atoms with Crippen LogP contribution in [0.25, 0.3) is 0 Å². The summed E-state index contributed by atoms with van der Waals surface area (Å²) in [5.41, 5.74) is 3.07. The van der Waals surface area contributed by atoms with E-state index in [0.717, 1.165) is 35.3 Å². The van der Waals surface area contributed by atoms with Crippen molar-refractivity contribution in [2.75, 3.05) is 31.6 Å². The molecule has 0 atom stereocenters. The number of hydrogen-bond acceptors (Lipinski definition) is 4. The fourth-order valence-electron chi connectivity index (χ4n) is 2.95. The van der Waals surface area contributed by atoms with E-state index in [1.54, 1.807) is 4.90 Å². The lowest BCUT2D eigenvalue weighted by atomic mass is 10.0. The Balaban J connectivity index is 1.80. The molecule has 0 fully saturated rings.